The Morgan fingerprint density at radius 2 is 2.15 bits per heavy atom. The fourth-order valence-corrected chi connectivity index (χ4v) is 2.75. The molecule has 8 heteroatoms. The van der Waals surface area contributed by atoms with Gasteiger partial charge in [0.25, 0.3) is 5.91 Å². The number of thiocarbonyl (C=S) groups is 1. The van der Waals surface area contributed by atoms with E-state index < -0.39 is 0 Å². The molecule has 2 rings (SSSR count). The minimum Gasteiger partial charge on any atom is -0.348 e. The lowest BCUT2D eigenvalue weighted by Gasteiger charge is -2.33. The number of carbonyl (C=O) groups excluding carboxylic acids is 1. The third-order valence-corrected chi connectivity index (χ3v) is 4.62. The molecule has 1 aromatic carbocycles. The molecule has 1 heterocycles. The molecule has 5 nitrogen and oxygen atoms in total. The van der Waals surface area contributed by atoms with Crippen LogP contribution in [0.25, 0.3) is 0 Å². The molecule has 1 saturated heterocycles. The second kappa shape index (κ2) is 7.12. The predicted octanol–water partition coefficient (Wildman–Crippen LogP) is 1.96. The minimum absolute atomic E-state index is 0.0956. The van der Waals surface area contributed by atoms with Gasteiger partial charge < -0.3 is 4.90 Å². The van der Waals surface area contributed by atoms with Crippen molar-refractivity contribution in [1.82, 2.24) is 15.2 Å². The largest absolute Gasteiger partial charge is 0.348 e. The zero-order valence-electron chi connectivity index (χ0n) is 10.9. The van der Waals surface area contributed by atoms with Crippen molar-refractivity contribution < 1.29 is 4.79 Å². The average Bonchev–Trinajstić information content (AvgIpc) is 2.42. The van der Waals surface area contributed by atoms with Crippen LogP contribution in [0.4, 0.5) is 5.69 Å². The SMILES string of the molecule is CN1CN(CC(=O)NNc2ccc(Cl)cc2)CSC1=S. The van der Waals surface area contributed by atoms with Crippen LogP contribution in [0.15, 0.2) is 24.3 Å². The lowest BCUT2D eigenvalue weighted by molar-refractivity contribution is -0.121. The number of nitrogens with one attached hydrogen (secondary N) is 2. The Morgan fingerprint density at radius 1 is 1.45 bits per heavy atom. The quantitative estimate of drug-likeness (QED) is 0.650. The number of carbonyl (C=O) groups is 1. The van der Waals surface area contributed by atoms with Gasteiger partial charge in [-0.05, 0) is 24.3 Å². The number of hydrazine groups is 1. The number of benzene rings is 1. The van der Waals surface area contributed by atoms with Crippen LogP contribution < -0.4 is 10.9 Å². The summed E-state index contributed by atoms with van der Waals surface area (Å²) in [5.41, 5.74) is 6.29. The summed E-state index contributed by atoms with van der Waals surface area (Å²) in [5.74, 6) is 0.638. The van der Waals surface area contributed by atoms with Gasteiger partial charge in [0.05, 0.1) is 24.8 Å². The highest BCUT2D eigenvalue weighted by Gasteiger charge is 2.20. The number of amides is 1. The summed E-state index contributed by atoms with van der Waals surface area (Å²) in [6.07, 6.45) is 0. The summed E-state index contributed by atoms with van der Waals surface area (Å²) >= 11 is 12.5. The van der Waals surface area contributed by atoms with E-state index in [1.165, 1.54) is 0 Å². The first kappa shape index (κ1) is 15.4. The van der Waals surface area contributed by atoms with Crippen LogP contribution in [-0.4, -0.2) is 46.2 Å². The van der Waals surface area contributed by atoms with Crippen molar-refractivity contribution in [3.8, 4) is 0 Å². The molecule has 1 amide bonds. The standard InChI is InChI=1S/C12H15ClN4OS2/c1-16-7-17(8-20-12(16)19)6-11(18)15-14-10-4-2-9(13)3-5-10/h2-5,14H,6-8H2,1H3,(H,15,18). The Morgan fingerprint density at radius 3 is 2.80 bits per heavy atom. The van der Waals surface area contributed by atoms with Gasteiger partial charge in [-0.25, -0.2) is 0 Å². The molecule has 2 N–H and O–H groups in total. The molecule has 0 aliphatic carbocycles. The zero-order chi connectivity index (χ0) is 14.5. The molecule has 0 unspecified atom stereocenters. The maximum absolute atomic E-state index is 11.8. The van der Waals surface area contributed by atoms with Crippen molar-refractivity contribution in [3.63, 3.8) is 0 Å². The molecule has 1 fully saturated rings. The Kier molecular flexibility index (Phi) is 5.47. The van der Waals surface area contributed by atoms with E-state index in [-0.39, 0.29) is 5.91 Å². The highest BCUT2D eigenvalue weighted by Crippen LogP contribution is 2.16. The van der Waals surface area contributed by atoms with Gasteiger partial charge in [-0.1, -0.05) is 35.6 Å². The van der Waals surface area contributed by atoms with Crippen molar-refractivity contribution >= 4 is 51.5 Å². The van der Waals surface area contributed by atoms with E-state index in [2.05, 4.69) is 10.9 Å². The smallest absolute Gasteiger partial charge is 0.252 e. The number of hydrogen-bond acceptors (Lipinski definition) is 5. The van der Waals surface area contributed by atoms with E-state index >= 15 is 0 Å². The molecule has 0 atom stereocenters. The average molecular weight is 331 g/mol. The lowest BCUT2D eigenvalue weighted by atomic mass is 10.3. The summed E-state index contributed by atoms with van der Waals surface area (Å²) < 4.78 is 0.862. The lowest BCUT2D eigenvalue weighted by Crippen LogP contribution is -2.47. The van der Waals surface area contributed by atoms with Crippen molar-refractivity contribution in [2.75, 3.05) is 31.6 Å². The number of hydrogen-bond donors (Lipinski definition) is 2. The third kappa shape index (κ3) is 4.52. The van der Waals surface area contributed by atoms with Crippen molar-refractivity contribution in [2.24, 2.45) is 0 Å². The minimum atomic E-state index is -0.0956. The molecular formula is C12H15ClN4OS2. The van der Waals surface area contributed by atoms with E-state index in [4.69, 9.17) is 23.8 Å². The maximum Gasteiger partial charge on any atom is 0.252 e. The van der Waals surface area contributed by atoms with Gasteiger partial charge in [0.2, 0.25) is 0 Å². The second-order valence-electron chi connectivity index (χ2n) is 4.39. The summed E-state index contributed by atoms with van der Waals surface area (Å²) in [5, 5.41) is 0.659. The molecular weight excluding hydrogens is 316 g/mol. The van der Waals surface area contributed by atoms with Gasteiger partial charge in [0.1, 0.15) is 4.32 Å². The normalized spacial score (nSPS) is 16.1. The molecule has 1 aliphatic heterocycles. The topological polar surface area (TPSA) is 47.6 Å². The van der Waals surface area contributed by atoms with Crippen molar-refractivity contribution in [3.05, 3.63) is 29.3 Å². The van der Waals surface area contributed by atoms with E-state index in [9.17, 15) is 4.79 Å². The predicted molar refractivity (Wildman–Crippen MR) is 87.6 cm³/mol. The number of thioether (sulfide) groups is 1. The van der Waals surface area contributed by atoms with Crippen molar-refractivity contribution in [2.45, 2.75) is 0 Å². The van der Waals surface area contributed by atoms with Gasteiger partial charge in [-0.3, -0.25) is 20.5 Å². The zero-order valence-corrected chi connectivity index (χ0v) is 13.3. The molecule has 20 heavy (non-hydrogen) atoms. The van der Waals surface area contributed by atoms with Crippen LogP contribution in [0.2, 0.25) is 5.02 Å². The number of rotatable bonds is 4. The number of anilines is 1. The first-order chi connectivity index (χ1) is 9.54. The Balaban J connectivity index is 1.75. The van der Waals surface area contributed by atoms with Gasteiger partial charge in [-0.15, -0.1) is 0 Å². The van der Waals surface area contributed by atoms with Crippen LogP contribution in [-0.2, 0) is 4.79 Å². The molecule has 1 aliphatic rings. The molecule has 0 saturated carbocycles. The van der Waals surface area contributed by atoms with Crippen LogP contribution in [0.1, 0.15) is 0 Å². The molecule has 108 valence electrons. The molecule has 0 radical (unpaired) electrons. The van der Waals surface area contributed by atoms with E-state index in [0.29, 0.717) is 18.2 Å². The first-order valence-corrected chi connectivity index (χ1v) is 7.72. The van der Waals surface area contributed by atoms with Gasteiger partial charge in [0.15, 0.2) is 0 Å². The van der Waals surface area contributed by atoms with Crippen LogP contribution in [0, 0.1) is 0 Å². The van der Waals surface area contributed by atoms with Crippen LogP contribution >= 0.6 is 35.6 Å². The maximum atomic E-state index is 11.8. The Bertz CT molecular complexity index is 497. The first-order valence-electron chi connectivity index (χ1n) is 5.95. The summed E-state index contributed by atoms with van der Waals surface area (Å²) in [4.78, 5) is 15.8. The highest BCUT2D eigenvalue weighted by atomic mass is 35.5. The molecule has 0 bridgehead atoms. The van der Waals surface area contributed by atoms with Gasteiger partial charge in [0, 0.05) is 12.1 Å². The van der Waals surface area contributed by atoms with Crippen LogP contribution in [0.3, 0.4) is 0 Å². The third-order valence-electron chi connectivity index (χ3n) is 2.65. The fraction of sp³-hybridized carbons (Fsp3) is 0.333. The van der Waals surface area contributed by atoms with Crippen LogP contribution in [0.5, 0.6) is 0 Å². The van der Waals surface area contributed by atoms with Crippen molar-refractivity contribution in [1.29, 1.82) is 0 Å². The molecule has 1 aromatic rings. The Labute approximate surface area is 132 Å². The Hall–Kier alpha value is -1.02. The fourth-order valence-electron chi connectivity index (χ4n) is 1.67. The highest BCUT2D eigenvalue weighted by molar-refractivity contribution is 8.22. The molecule has 0 spiro atoms. The van der Waals surface area contributed by atoms with Gasteiger partial charge >= 0.3 is 0 Å². The molecule has 0 aromatic heterocycles. The monoisotopic (exact) mass is 330 g/mol. The summed E-state index contributed by atoms with van der Waals surface area (Å²) in [6, 6.07) is 7.11. The number of halogens is 1. The second-order valence-corrected chi connectivity index (χ2v) is 6.40. The van der Waals surface area contributed by atoms with E-state index in [1.807, 2.05) is 16.8 Å². The van der Waals surface area contributed by atoms with E-state index in [1.54, 1.807) is 36.0 Å². The van der Waals surface area contributed by atoms with E-state index in [0.717, 1.165) is 15.9 Å². The summed E-state index contributed by atoms with van der Waals surface area (Å²) in [7, 11) is 1.92. The summed E-state index contributed by atoms with van der Waals surface area (Å²) in [6.45, 7) is 0.987. The number of nitrogens with zero attached hydrogens (tertiary/aromatic N) is 2. The van der Waals surface area contributed by atoms with Gasteiger partial charge in [-0.2, -0.15) is 0 Å².